The van der Waals surface area contributed by atoms with E-state index >= 15 is 0 Å². The fraction of sp³-hybridized carbons (Fsp3) is 0.500. The van der Waals surface area contributed by atoms with Gasteiger partial charge in [-0.25, -0.2) is 0 Å². The summed E-state index contributed by atoms with van der Waals surface area (Å²) in [6.45, 7) is 2.13. The minimum absolute atomic E-state index is 0.437. The Kier molecular flexibility index (Phi) is 2.78. The lowest BCUT2D eigenvalue weighted by Gasteiger charge is -2.21. The van der Waals surface area contributed by atoms with Gasteiger partial charge in [0.15, 0.2) is 5.65 Å². The van der Waals surface area contributed by atoms with Crippen molar-refractivity contribution in [3.8, 4) is 0 Å². The maximum atomic E-state index is 5.77. The molecule has 5 heteroatoms. The third kappa shape index (κ3) is 1.81. The summed E-state index contributed by atoms with van der Waals surface area (Å²) in [6.07, 6.45) is 2.03. The molecule has 2 N–H and O–H groups in total. The van der Waals surface area contributed by atoms with Crippen LogP contribution in [-0.2, 0) is 11.3 Å². The Morgan fingerprint density at radius 3 is 2.88 bits per heavy atom. The van der Waals surface area contributed by atoms with Gasteiger partial charge in [0, 0.05) is 31.4 Å². The fourth-order valence-corrected chi connectivity index (χ4v) is 2.41. The molecule has 0 bridgehead atoms. The van der Waals surface area contributed by atoms with Gasteiger partial charge in [-0.05, 0) is 25.0 Å². The third-order valence-electron chi connectivity index (χ3n) is 3.33. The summed E-state index contributed by atoms with van der Waals surface area (Å²) in [4.78, 5) is 0. The van der Waals surface area contributed by atoms with Crippen LogP contribution in [0.25, 0.3) is 5.65 Å². The van der Waals surface area contributed by atoms with Crippen LogP contribution in [0.5, 0.6) is 0 Å². The van der Waals surface area contributed by atoms with E-state index in [9.17, 15) is 0 Å². The van der Waals surface area contributed by atoms with Gasteiger partial charge < -0.3 is 10.5 Å². The lowest BCUT2D eigenvalue weighted by Crippen LogP contribution is -2.17. The van der Waals surface area contributed by atoms with Crippen molar-refractivity contribution in [3.05, 3.63) is 29.7 Å². The van der Waals surface area contributed by atoms with Crippen molar-refractivity contribution in [3.63, 3.8) is 0 Å². The van der Waals surface area contributed by atoms with Crippen molar-refractivity contribution >= 4 is 5.65 Å². The summed E-state index contributed by atoms with van der Waals surface area (Å²) < 4.78 is 7.48. The molecule has 3 heterocycles. The van der Waals surface area contributed by atoms with Gasteiger partial charge >= 0.3 is 0 Å². The minimum Gasteiger partial charge on any atom is -0.381 e. The fourth-order valence-electron chi connectivity index (χ4n) is 2.41. The van der Waals surface area contributed by atoms with Crippen molar-refractivity contribution in [2.45, 2.75) is 25.3 Å². The van der Waals surface area contributed by atoms with Gasteiger partial charge in [0.25, 0.3) is 0 Å². The Morgan fingerprint density at radius 1 is 1.29 bits per heavy atom. The molecule has 2 aromatic rings. The zero-order valence-electron chi connectivity index (χ0n) is 9.67. The van der Waals surface area contributed by atoms with Crippen LogP contribution in [0, 0.1) is 0 Å². The van der Waals surface area contributed by atoms with Gasteiger partial charge in [-0.15, -0.1) is 10.2 Å². The number of nitrogens with two attached hydrogens (primary N) is 1. The first-order valence-electron chi connectivity index (χ1n) is 6.01. The first-order valence-corrected chi connectivity index (χ1v) is 6.01. The first-order chi connectivity index (χ1) is 8.40. The SMILES string of the molecule is NCc1cccc2nnc(C3CCOCC3)n12. The summed E-state index contributed by atoms with van der Waals surface area (Å²) >= 11 is 0. The molecule has 5 nitrogen and oxygen atoms in total. The van der Waals surface area contributed by atoms with Crippen LogP contribution in [0.4, 0.5) is 0 Å². The number of aromatic nitrogens is 3. The van der Waals surface area contributed by atoms with Gasteiger partial charge in [0.05, 0.1) is 0 Å². The van der Waals surface area contributed by atoms with Gasteiger partial charge in [-0.1, -0.05) is 6.07 Å². The first kappa shape index (κ1) is 10.7. The van der Waals surface area contributed by atoms with Crippen molar-refractivity contribution in [1.82, 2.24) is 14.6 Å². The average molecular weight is 232 g/mol. The van der Waals surface area contributed by atoms with Crippen molar-refractivity contribution in [2.75, 3.05) is 13.2 Å². The normalized spacial score (nSPS) is 17.7. The van der Waals surface area contributed by atoms with E-state index in [4.69, 9.17) is 10.5 Å². The number of nitrogens with zero attached hydrogens (tertiary/aromatic N) is 3. The molecule has 1 aliphatic heterocycles. The molecule has 0 aromatic carbocycles. The zero-order valence-corrected chi connectivity index (χ0v) is 9.67. The number of hydrogen-bond donors (Lipinski definition) is 1. The van der Waals surface area contributed by atoms with Crippen LogP contribution in [0.1, 0.15) is 30.3 Å². The standard InChI is InChI=1S/C12H16N4O/c13-8-10-2-1-3-11-14-15-12(16(10)11)9-4-6-17-7-5-9/h1-3,9H,4-8,13H2. The average Bonchev–Trinajstić information content (AvgIpc) is 2.83. The molecule has 1 fully saturated rings. The van der Waals surface area contributed by atoms with Crippen LogP contribution >= 0.6 is 0 Å². The summed E-state index contributed by atoms with van der Waals surface area (Å²) in [6, 6.07) is 5.97. The molecule has 3 rings (SSSR count). The number of fused-ring (bicyclic) bond motifs is 1. The largest absolute Gasteiger partial charge is 0.381 e. The molecule has 0 unspecified atom stereocenters. The number of rotatable bonds is 2. The monoisotopic (exact) mass is 232 g/mol. The Morgan fingerprint density at radius 2 is 2.12 bits per heavy atom. The van der Waals surface area contributed by atoms with E-state index < -0.39 is 0 Å². The van der Waals surface area contributed by atoms with Crippen LogP contribution in [-0.4, -0.2) is 27.8 Å². The van der Waals surface area contributed by atoms with Crippen LogP contribution < -0.4 is 5.73 Å². The Hall–Kier alpha value is -1.46. The van der Waals surface area contributed by atoms with Gasteiger partial charge in [-0.3, -0.25) is 4.40 Å². The van der Waals surface area contributed by atoms with Crippen LogP contribution in [0.3, 0.4) is 0 Å². The van der Waals surface area contributed by atoms with E-state index in [1.165, 1.54) is 0 Å². The second-order valence-corrected chi connectivity index (χ2v) is 4.36. The van der Waals surface area contributed by atoms with Crippen molar-refractivity contribution in [2.24, 2.45) is 5.73 Å². The molecule has 1 saturated heterocycles. The van der Waals surface area contributed by atoms with E-state index in [1.807, 2.05) is 18.2 Å². The summed E-state index contributed by atoms with van der Waals surface area (Å²) in [5.74, 6) is 1.47. The molecule has 1 aliphatic rings. The number of hydrogen-bond acceptors (Lipinski definition) is 4. The maximum absolute atomic E-state index is 5.77. The van der Waals surface area contributed by atoms with E-state index in [0.717, 1.165) is 43.2 Å². The molecule has 90 valence electrons. The van der Waals surface area contributed by atoms with E-state index in [2.05, 4.69) is 14.6 Å². The zero-order chi connectivity index (χ0) is 11.7. The molecule has 0 amide bonds. The van der Waals surface area contributed by atoms with E-state index in [1.54, 1.807) is 0 Å². The number of pyridine rings is 1. The van der Waals surface area contributed by atoms with Crippen molar-refractivity contribution < 1.29 is 4.74 Å². The van der Waals surface area contributed by atoms with E-state index in [0.29, 0.717) is 12.5 Å². The Balaban J connectivity index is 2.09. The molecule has 17 heavy (non-hydrogen) atoms. The van der Waals surface area contributed by atoms with Gasteiger partial charge in [-0.2, -0.15) is 0 Å². The predicted molar refractivity (Wildman–Crippen MR) is 63.7 cm³/mol. The molecule has 2 aromatic heterocycles. The Labute approximate surface area is 99.6 Å². The van der Waals surface area contributed by atoms with Crippen molar-refractivity contribution in [1.29, 1.82) is 0 Å². The molecule has 0 radical (unpaired) electrons. The highest BCUT2D eigenvalue weighted by Crippen LogP contribution is 2.26. The topological polar surface area (TPSA) is 65.4 Å². The Bertz CT molecular complexity index is 516. The summed E-state index contributed by atoms with van der Waals surface area (Å²) in [7, 11) is 0. The predicted octanol–water partition coefficient (Wildman–Crippen LogP) is 1.08. The summed E-state index contributed by atoms with van der Waals surface area (Å²) in [5, 5.41) is 8.55. The van der Waals surface area contributed by atoms with Gasteiger partial charge in [0.1, 0.15) is 5.82 Å². The summed E-state index contributed by atoms with van der Waals surface area (Å²) in [5.41, 5.74) is 7.72. The lowest BCUT2D eigenvalue weighted by molar-refractivity contribution is 0.0833. The van der Waals surface area contributed by atoms with Crippen LogP contribution in [0.15, 0.2) is 18.2 Å². The number of ether oxygens (including phenoxy) is 1. The molecule has 0 aliphatic carbocycles. The second-order valence-electron chi connectivity index (χ2n) is 4.36. The third-order valence-corrected chi connectivity index (χ3v) is 3.33. The smallest absolute Gasteiger partial charge is 0.161 e. The van der Waals surface area contributed by atoms with E-state index in [-0.39, 0.29) is 0 Å². The molecular formula is C12H16N4O. The molecule has 0 atom stereocenters. The highest BCUT2D eigenvalue weighted by molar-refractivity contribution is 5.40. The maximum Gasteiger partial charge on any atom is 0.161 e. The lowest BCUT2D eigenvalue weighted by atomic mass is 9.99. The second kappa shape index (κ2) is 4.43. The minimum atomic E-state index is 0.437. The molecule has 0 saturated carbocycles. The van der Waals surface area contributed by atoms with Crippen LogP contribution in [0.2, 0.25) is 0 Å². The molecular weight excluding hydrogens is 216 g/mol. The van der Waals surface area contributed by atoms with Gasteiger partial charge in [0.2, 0.25) is 0 Å². The highest BCUT2D eigenvalue weighted by Gasteiger charge is 2.21. The highest BCUT2D eigenvalue weighted by atomic mass is 16.5. The quantitative estimate of drug-likeness (QED) is 0.841. The molecule has 0 spiro atoms.